The van der Waals surface area contributed by atoms with Crippen molar-refractivity contribution < 1.29 is 9.18 Å². The van der Waals surface area contributed by atoms with Crippen LogP contribution in [0.2, 0.25) is 0 Å². The third-order valence-electron chi connectivity index (χ3n) is 6.89. The van der Waals surface area contributed by atoms with Crippen LogP contribution >= 0.6 is 0 Å². The molecule has 1 spiro atoms. The number of pyridine rings is 1. The van der Waals surface area contributed by atoms with Gasteiger partial charge in [-0.2, -0.15) is 0 Å². The van der Waals surface area contributed by atoms with Gasteiger partial charge in [0.2, 0.25) is 0 Å². The fourth-order valence-electron chi connectivity index (χ4n) is 5.29. The van der Waals surface area contributed by atoms with Crippen LogP contribution in [0, 0.1) is 11.2 Å². The number of likely N-dealkylation sites (tertiary alicyclic amines) is 2. The van der Waals surface area contributed by atoms with Crippen molar-refractivity contribution in [1.82, 2.24) is 29.8 Å². The second-order valence-electron chi connectivity index (χ2n) is 9.49. The molecule has 6 rings (SSSR count). The third-order valence-corrected chi connectivity index (χ3v) is 6.89. The lowest BCUT2D eigenvalue weighted by atomic mass is 9.79. The molecule has 34 heavy (non-hydrogen) atoms. The molecular formula is C25H23FN6O2. The predicted molar refractivity (Wildman–Crippen MR) is 125 cm³/mol. The van der Waals surface area contributed by atoms with Gasteiger partial charge >= 0.3 is 0 Å². The maximum atomic E-state index is 13.6. The molecule has 2 aliphatic heterocycles. The van der Waals surface area contributed by atoms with E-state index in [1.807, 2.05) is 17.0 Å². The minimum Gasteiger partial charge on any atom is -0.338 e. The number of amides is 1. The van der Waals surface area contributed by atoms with E-state index in [1.165, 1.54) is 18.2 Å². The van der Waals surface area contributed by atoms with Crippen LogP contribution < -0.4 is 5.56 Å². The zero-order valence-electron chi connectivity index (χ0n) is 18.7. The van der Waals surface area contributed by atoms with Gasteiger partial charge in [-0.15, -0.1) is 5.10 Å². The van der Waals surface area contributed by atoms with E-state index in [4.69, 9.17) is 0 Å². The van der Waals surface area contributed by atoms with Crippen LogP contribution in [0.25, 0.3) is 27.8 Å². The lowest BCUT2D eigenvalue weighted by molar-refractivity contribution is 0.0294. The molecule has 9 heteroatoms. The average Bonchev–Trinajstić information content (AvgIpc) is 3.47. The van der Waals surface area contributed by atoms with Crippen LogP contribution in [-0.4, -0.2) is 68.9 Å². The fourth-order valence-corrected chi connectivity index (χ4v) is 5.29. The van der Waals surface area contributed by atoms with Gasteiger partial charge < -0.3 is 14.8 Å². The Morgan fingerprint density at radius 3 is 2.65 bits per heavy atom. The predicted octanol–water partition coefficient (Wildman–Crippen LogP) is 2.69. The van der Waals surface area contributed by atoms with Gasteiger partial charge in [-0.1, -0.05) is 5.21 Å². The highest BCUT2D eigenvalue weighted by atomic mass is 19.1. The quantitative estimate of drug-likeness (QED) is 0.510. The number of aromatic nitrogens is 4. The van der Waals surface area contributed by atoms with Crippen molar-refractivity contribution >= 4 is 16.8 Å². The van der Waals surface area contributed by atoms with Gasteiger partial charge in [-0.25, -0.2) is 9.07 Å². The molecule has 2 fully saturated rings. The Bertz CT molecular complexity index is 1470. The molecule has 2 aromatic carbocycles. The van der Waals surface area contributed by atoms with E-state index in [-0.39, 0.29) is 22.7 Å². The number of fused-ring (bicyclic) bond motifs is 1. The Morgan fingerprint density at radius 2 is 1.88 bits per heavy atom. The number of benzene rings is 2. The SMILES string of the molecule is CN1CC2(CCN(C(=O)c3ccc(-n4cc(-c5cc6cc(F)ccc6[nH]c5=O)nn4)cc3)C2)C1. The molecule has 1 amide bonds. The molecule has 4 heterocycles. The first-order valence-electron chi connectivity index (χ1n) is 11.2. The fraction of sp³-hybridized carbons (Fsp3) is 0.280. The van der Waals surface area contributed by atoms with Crippen molar-refractivity contribution in [2.45, 2.75) is 6.42 Å². The highest BCUT2D eigenvalue weighted by Crippen LogP contribution is 2.39. The van der Waals surface area contributed by atoms with Crippen molar-refractivity contribution in [3.63, 3.8) is 0 Å². The van der Waals surface area contributed by atoms with Crippen molar-refractivity contribution in [2.75, 3.05) is 33.2 Å². The molecule has 8 nitrogen and oxygen atoms in total. The number of hydrogen-bond acceptors (Lipinski definition) is 5. The summed E-state index contributed by atoms with van der Waals surface area (Å²) in [6, 6.07) is 13.0. The first-order valence-corrected chi connectivity index (χ1v) is 11.2. The zero-order chi connectivity index (χ0) is 23.4. The highest BCUT2D eigenvalue weighted by Gasteiger charge is 2.47. The van der Waals surface area contributed by atoms with E-state index in [2.05, 4.69) is 27.2 Å². The van der Waals surface area contributed by atoms with Gasteiger partial charge in [-0.05, 0) is 62.0 Å². The topological polar surface area (TPSA) is 87.1 Å². The molecule has 0 atom stereocenters. The molecular weight excluding hydrogens is 435 g/mol. The largest absolute Gasteiger partial charge is 0.338 e. The van der Waals surface area contributed by atoms with Crippen LogP contribution in [0.5, 0.6) is 0 Å². The van der Waals surface area contributed by atoms with E-state index in [0.29, 0.717) is 27.7 Å². The Labute approximate surface area is 194 Å². The van der Waals surface area contributed by atoms with Crippen LogP contribution in [0.3, 0.4) is 0 Å². The Balaban J connectivity index is 1.22. The number of hydrogen-bond donors (Lipinski definition) is 1. The maximum absolute atomic E-state index is 13.6. The summed E-state index contributed by atoms with van der Waals surface area (Å²) < 4.78 is 15.2. The minimum atomic E-state index is -0.382. The number of halogens is 1. The molecule has 1 N–H and O–H groups in total. The van der Waals surface area contributed by atoms with Crippen LogP contribution in [0.15, 0.2) is 59.5 Å². The Hall–Kier alpha value is -3.85. The van der Waals surface area contributed by atoms with Gasteiger partial charge in [0.25, 0.3) is 11.5 Å². The maximum Gasteiger partial charge on any atom is 0.258 e. The van der Waals surface area contributed by atoms with Crippen LogP contribution in [0.1, 0.15) is 16.8 Å². The van der Waals surface area contributed by atoms with Gasteiger partial charge in [0.1, 0.15) is 11.5 Å². The molecule has 2 aromatic heterocycles. The van der Waals surface area contributed by atoms with Crippen LogP contribution in [-0.2, 0) is 0 Å². The number of aromatic amines is 1. The molecule has 0 radical (unpaired) electrons. The minimum absolute atomic E-state index is 0.0483. The van der Waals surface area contributed by atoms with E-state index in [0.717, 1.165) is 38.3 Å². The second kappa shape index (κ2) is 7.59. The van der Waals surface area contributed by atoms with Gasteiger partial charge in [0, 0.05) is 48.1 Å². The van der Waals surface area contributed by atoms with Crippen molar-refractivity contribution in [2.24, 2.45) is 5.41 Å². The molecule has 172 valence electrons. The highest BCUT2D eigenvalue weighted by molar-refractivity contribution is 5.94. The number of rotatable bonds is 3. The summed E-state index contributed by atoms with van der Waals surface area (Å²) >= 11 is 0. The first kappa shape index (κ1) is 20.7. The number of H-pyrrole nitrogens is 1. The molecule has 0 saturated carbocycles. The molecule has 2 aliphatic rings. The summed E-state index contributed by atoms with van der Waals surface area (Å²) in [5.41, 5.74) is 2.54. The smallest absolute Gasteiger partial charge is 0.258 e. The number of nitrogens with zero attached hydrogens (tertiary/aromatic N) is 5. The molecule has 2 saturated heterocycles. The second-order valence-corrected chi connectivity index (χ2v) is 9.49. The Morgan fingerprint density at radius 1 is 1.09 bits per heavy atom. The number of carbonyl (C=O) groups is 1. The summed E-state index contributed by atoms with van der Waals surface area (Å²) in [4.78, 5) is 32.5. The van der Waals surface area contributed by atoms with Crippen molar-refractivity contribution in [3.8, 4) is 16.9 Å². The molecule has 0 bridgehead atoms. The number of nitrogens with one attached hydrogen (secondary N) is 1. The van der Waals surface area contributed by atoms with E-state index in [1.54, 1.807) is 29.1 Å². The summed E-state index contributed by atoms with van der Waals surface area (Å²) in [5.74, 6) is -0.333. The molecule has 4 aromatic rings. The van der Waals surface area contributed by atoms with Crippen molar-refractivity contribution in [1.29, 1.82) is 0 Å². The lowest BCUT2D eigenvalue weighted by Gasteiger charge is -2.46. The number of carbonyl (C=O) groups excluding carboxylic acids is 1. The summed E-state index contributed by atoms with van der Waals surface area (Å²) in [6.07, 6.45) is 2.70. The summed E-state index contributed by atoms with van der Waals surface area (Å²) in [6.45, 7) is 3.72. The standard InChI is InChI=1S/C25H23FN6O2/c1-30-13-25(14-30)8-9-31(15-25)24(34)16-2-5-19(6-3-16)32-12-22(28-29-32)20-11-17-10-18(26)4-7-21(17)27-23(20)33/h2-7,10-12H,8-9,13-15H2,1H3,(H,27,33). The van der Waals surface area contributed by atoms with Gasteiger partial charge in [0.05, 0.1) is 17.4 Å². The van der Waals surface area contributed by atoms with Gasteiger partial charge in [-0.3, -0.25) is 9.59 Å². The monoisotopic (exact) mass is 458 g/mol. The van der Waals surface area contributed by atoms with Crippen molar-refractivity contribution in [3.05, 3.63) is 76.5 Å². The first-order chi connectivity index (χ1) is 16.4. The lowest BCUT2D eigenvalue weighted by Crippen LogP contribution is -2.55. The molecule has 0 aliphatic carbocycles. The summed E-state index contributed by atoms with van der Waals surface area (Å²) in [7, 11) is 2.11. The van der Waals surface area contributed by atoms with Gasteiger partial charge in [0.15, 0.2) is 0 Å². The normalized spacial score (nSPS) is 17.4. The van der Waals surface area contributed by atoms with E-state index < -0.39 is 0 Å². The summed E-state index contributed by atoms with van der Waals surface area (Å²) in [5, 5.41) is 8.84. The van der Waals surface area contributed by atoms with E-state index in [9.17, 15) is 14.0 Å². The zero-order valence-corrected chi connectivity index (χ0v) is 18.7. The van der Waals surface area contributed by atoms with E-state index >= 15 is 0 Å². The third kappa shape index (κ3) is 3.49. The average molecular weight is 458 g/mol. The van der Waals surface area contributed by atoms with Crippen LogP contribution in [0.4, 0.5) is 4.39 Å². The molecule has 0 unspecified atom stereocenters. The Kier molecular flexibility index (Phi) is 4.63.